The third kappa shape index (κ3) is 12.2. The highest BCUT2D eigenvalue weighted by atomic mass is 32.4. The maximum atomic E-state index is 6.15. The largest absolute Gasteiger partial charge is 0.394 e. The van der Waals surface area contributed by atoms with Gasteiger partial charge < -0.3 is 8.85 Å². The standard InChI is InChI=1S/C14H34O2SSi2/c1-7-9-11-15-19(6,16-12-10-8-2)14-13-17-18(3,4)5/h7-14H2,1-6H3. The molecular weight excluding hydrogens is 288 g/mol. The number of hydrogen-bond donors (Lipinski definition) is 0. The molecule has 0 aliphatic carbocycles. The molecule has 0 heterocycles. The van der Waals surface area contributed by atoms with E-state index in [1.165, 1.54) is 18.6 Å². The van der Waals surface area contributed by atoms with Crippen LogP contribution in [0.2, 0.25) is 32.2 Å². The minimum Gasteiger partial charge on any atom is -0.394 e. The van der Waals surface area contributed by atoms with Gasteiger partial charge in [0, 0.05) is 13.2 Å². The van der Waals surface area contributed by atoms with Gasteiger partial charge in [0.1, 0.15) is 7.22 Å². The smallest absolute Gasteiger partial charge is 0.335 e. The Kier molecular flexibility index (Phi) is 10.8. The van der Waals surface area contributed by atoms with Crippen LogP contribution in [0, 0.1) is 0 Å². The zero-order valence-electron chi connectivity index (χ0n) is 13.9. The van der Waals surface area contributed by atoms with Gasteiger partial charge >= 0.3 is 8.56 Å². The van der Waals surface area contributed by atoms with Gasteiger partial charge in [0.25, 0.3) is 0 Å². The lowest BCUT2D eigenvalue weighted by molar-refractivity contribution is 0.170. The van der Waals surface area contributed by atoms with Crippen LogP contribution >= 0.6 is 11.2 Å². The van der Waals surface area contributed by atoms with E-state index in [0.29, 0.717) is 0 Å². The molecule has 0 bridgehead atoms. The molecule has 0 aromatic carbocycles. The van der Waals surface area contributed by atoms with E-state index < -0.39 is 15.8 Å². The van der Waals surface area contributed by atoms with Crippen molar-refractivity contribution in [2.45, 2.75) is 71.8 Å². The van der Waals surface area contributed by atoms with Crippen molar-refractivity contribution in [1.82, 2.24) is 0 Å². The molecule has 0 spiro atoms. The number of unbranched alkanes of at least 4 members (excludes halogenated alkanes) is 2. The monoisotopic (exact) mass is 322 g/mol. The third-order valence-corrected chi connectivity index (χ3v) is 10.5. The first-order valence-electron chi connectivity index (χ1n) is 7.75. The number of hydrogen-bond acceptors (Lipinski definition) is 3. The van der Waals surface area contributed by atoms with Crippen molar-refractivity contribution in [3.63, 3.8) is 0 Å². The second-order valence-electron chi connectivity index (χ2n) is 6.25. The molecule has 0 saturated heterocycles. The normalized spacial score (nSPS) is 12.9. The molecule has 0 aliphatic heterocycles. The van der Waals surface area contributed by atoms with Gasteiger partial charge in [-0.05, 0) is 31.2 Å². The first kappa shape index (κ1) is 19.7. The molecule has 0 N–H and O–H groups in total. The van der Waals surface area contributed by atoms with Gasteiger partial charge in [-0.2, -0.15) is 11.2 Å². The van der Waals surface area contributed by atoms with Gasteiger partial charge in [-0.3, -0.25) is 0 Å². The lowest BCUT2D eigenvalue weighted by Crippen LogP contribution is -2.40. The Bertz CT molecular complexity index is 210. The lowest BCUT2D eigenvalue weighted by atomic mass is 10.4. The molecule has 116 valence electrons. The van der Waals surface area contributed by atoms with Crippen molar-refractivity contribution in [3.8, 4) is 0 Å². The van der Waals surface area contributed by atoms with Crippen LogP contribution in [0.15, 0.2) is 0 Å². The average Bonchev–Trinajstić information content (AvgIpc) is 2.28. The van der Waals surface area contributed by atoms with Crippen LogP contribution in [0.1, 0.15) is 39.5 Å². The lowest BCUT2D eigenvalue weighted by Gasteiger charge is -2.28. The van der Waals surface area contributed by atoms with Crippen LogP contribution in [0.3, 0.4) is 0 Å². The fourth-order valence-corrected chi connectivity index (χ4v) is 8.38. The van der Waals surface area contributed by atoms with Crippen molar-refractivity contribution in [2.75, 3.05) is 19.0 Å². The fourth-order valence-electron chi connectivity index (χ4n) is 1.59. The van der Waals surface area contributed by atoms with Gasteiger partial charge in [0.2, 0.25) is 0 Å². The molecule has 19 heavy (non-hydrogen) atoms. The Labute approximate surface area is 126 Å². The molecule has 0 unspecified atom stereocenters. The van der Waals surface area contributed by atoms with Crippen LogP contribution < -0.4 is 0 Å². The van der Waals surface area contributed by atoms with Crippen molar-refractivity contribution < 1.29 is 8.85 Å². The first-order chi connectivity index (χ1) is 8.83. The van der Waals surface area contributed by atoms with Gasteiger partial charge in [-0.25, -0.2) is 0 Å². The van der Waals surface area contributed by atoms with Gasteiger partial charge in [-0.1, -0.05) is 46.3 Å². The summed E-state index contributed by atoms with van der Waals surface area (Å²) in [6.45, 7) is 15.7. The zero-order chi connectivity index (χ0) is 14.8. The predicted molar refractivity (Wildman–Crippen MR) is 93.9 cm³/mol. The highest BCUT2D eigenvalue weighted by Crippen LogP contribution is 2.24. The molecular formula is C14H34O2SSi2. The van der Waals surface area contributed by atoms with E-state index in [4.69, 9.17) is 8.85 Å². The minimum atomic E-state index is -1.92. The SMILES string of the molecule is CCCCO[Si](C)(CCS[Si](C)(C)C)OCCCC. The molecule has 0 saturated carbocycles. The highest BCUT2D eigenvalue weighted by molar-refractivity contribution is 8.28. The van der Waals surface area contributed by atoms with E-state index in [0.717, 1.165) is 32.1 Å². The highest BCUT2D eigenvalue weighted by Gasteiger charge is 2.31. The molecule has 0 aromatic rings. The minimum absolute atomic E-state index is 0.878. The van der Waals surface area contributed by atoms with Crippen LogP contribution in [0.5, 0.6) is 0 Å². The summed E-state index contributed by atoms with van der Waals surface area (Å²) in [5.74, 6) is 1.21. The summed E-state index contributed by atoms with van der Waals surface area (Å²) in [6, 6.07) is 1.13. The Hall–Kier alpha value is 0.704. The predicted octanol–water partition coefficient (Wildman–Crippen LogP) is 5.26. The quantitative estimate of drug-likeness (QED) is 0.361. The maximum absolute atomic E-state index is 6.15. The van der Waals surface area contributed by atoms with E-state index in [1.54, 1.807) is 0 Å². The summed E-state index contributed by atoms with van der Waals surface area (Å²) in [4.78, 5) is 0. The average molecular weight is 323 g/mol. The topological polar surface area (TPSA) is 18.5 Å². The fraction of sp³-hybridized carbons (Fsp3) is 1.00. The molecule has 0 fully saturated rings. The Morgan fingerprint density at radius 1 is 0.842 bits per heavy atom. The van der Waals surface area contributed by atoms with Crippen molar-refractivity contribution >= 4 is 27.0 Å². The zero-order valence-corrected chi connectivity index (χ0v) is 16.7. The summed E-state index contributed by atoms with van der Waals surface area (Å²) >= 11 is 2.15. The van der Waals surface area contributed by atoms with Gasteiger partial charge in [0.05, 0.1) is 0 Å². The van der Waals surface area contributed by atoms with Crippen molar-refractivity contribution in [3.05, 3.63) is 0 Å². The number of rotatable bonds is 12. The molecule has 0 radical (unpaired) electrons. The molecule has 0 amide bonds. The van der Waals surface area contributed by atoms with Crippen LogP contribution in [0.25, 0.3) is 0 Å². The molecule has 0 aromatic heterocycles. The van der Waals surface area contributed by atoms with E-state index in [1.807, 2.05) is 0 Å². The van der Waals surface area contributed by atoms with Gasteiger partial charge in [0.15, 0.2) is 0 Å². The summed E-state index contributed by atoms with van der Waals surface area (Å²) in [5, 5.41) is 0. The second kappa shape index (κ2) is 10.4. The molecule has 0 atom stereocenters. The van der Waals surface area contributed by atoms with Crippen molar-refractivity contribution in [2.24, 2.45) is 0 Å². The van der Waals surface area contributed by atoms with E-state index in [9.17, 15) is 0 Å². The Balaban J connectivity index is 4.14. The van der Waals surface area contributed by atoms with E-state index >= 15 is 0 Å². The third-order valence-electron chi connectivity index (χ3n) is 2.90. The summed E-state index contributed by atoms with van der Waals surface area (Å²) in [5.41, 5.74) is 0. The summed E-state index contributed by atoms with van der Waals surface area (Å²) in [6.07, 6.45) is 4.70. The molecule has 0 aliphatic rings. The van der Waals surface area contributed by atoms with Crippen LogP contribution in [-0.2, 0) is 8.85 Å². The summed E-state index contributed by atoms with van der Waals surface area (Å²) in [7, 11) is -2.93. The van der Waals surface area contributed by atoms with E-state index in [2.05, 4.69) is 51.2 Å². The summed E-state index contributed by atoms with van der Waals surface area (Å²) < 4.78 is 12.3. The van der Waals surface area contributed by atoms with Gasteiger partial charge in [-0.15, -0.1) is 0 Å². The Morgan fingerprint density at radius 3 is 1.68 bits per heavy atom. The maximum Gasteiger partial charge on any atom is 0.335 e. The molecule has 5 heteroatoms. The Morgan fingerprint density at radius 2 is 1.32 bits per heavy atom. The second-order valence-corrected chi connectivity index (χ2v) is 19.1. The molecule has 2 nitrogen and oxygen atoms in total. The first-order valence-corrected chi connectivity index (χ1v) is 15.5. The van der Waals surface area contributed by atoms with Crippen LogP contribution in [-0.4, -0.2) is 34.8 Å². The molecule has 0 rings (SSSR count). The van der Waals surface area contributed by atoms with Crippen LogP contribution in [0.4, 0.5) is 0 Å². The van der Waals surface area contributed by atoms with Crippen molar-refractivity contribution in [1.29, 1.82) is 0 Å². The van der Waals surface area contributed by atoms with E-state index in [-0.39, 0.29) is 0 Å².